The number of para-hydroxylation sites is 1. The maximum Gasteiger partial charge on any atom is 0.328 e. The van der Waals surface area contributed by atoms with Crippen LogP contribution in [0.5, 0.6) is 0 Å². The van der Waals surface area contributed by atoms with Crippen molar-refractivity contribution in [2.24, 2.45) is 5.10 Å². The molecule has 144 valence electrons. The third-order valence-corrected chi connectivity index (χ3v) is 5.15. The van der Waals surface area contributed by atoms with Crippen molar-refractivity contribution in [3.8, 4) is 0 Å². The third kappa shape index (κ3) is 3.71. The Kier molecular flexibility index (Phi) is 5.65. The molecule has 0 unspecified atom stereocenters. The molecule has 0 aliphatic carbocycles. The van der Waals surface area contributed by atoms with Gasteiger partial charge in [-0.1, -0.05) is 46.5 Å². The number of carbonyl (C=O) groups is 1. The highest BCUT2D eigenvalue weighted by molar-refractivity contribution is 6.35. The molecule has 1 N–H and O–H groups in total. The number of fused-ring (bicyclic) bond motifs is 1. The van der Waals surface area contributed by atoms with E-state index in [4.69, 9.17) is 23.2 Å². The zero-order chi connectivity index (χ0) is 20.4. The van der Waals surface area contributed by atoms with E-state index in [1.807, 2.05) is 0 Å². The molecule has 0 amide bonds. The van der Waals surface area contributed by atoms with Crippen LogP contribution < -0.4 is 5.01 Å². The monoisotopic (exact) mass is 421 g/mol. The number of benzene rings is 2. The van der Waals surface area contributed by atoms with Crippen LogP contribution in [0.2, 0.25) is 10.0 Å². The van der Waals surface area contributed by atoms with Gasteiger partial charge in [0.2, 0.25) is 0 Å². The zero-order valence-electron chi connectivity index (χ0n) is 14.2. The first-order valence-corrected chi connectivity index (χ1v) is 8.90. The second-order valence-corrected chi connectivity index (χ2v) is 7.08. The van der Waals surface area contributed by atoms with Gasteiger partial charge in [0.05, 0.1) is 10.6 Å². The first kappa shape index (κ1) is 19.8. The van der Waals surface area contributed by atoms with Crippen LogP contribution in [0.1, 0.15) is 23.5 Å². The standard InChI is InChI=1S/C18H13Cl2N3O5/c19-12-7-13(20)17-11(5-10-3-1-2-4-14(10)23(27)28)6-16(18(25)26)22(21-9-24)15(17)8-12/h1-4,7-8,11,16H,5-6H2,(H,25,26)/t11-,16+/m0/s1. The normalized spacial score (nSPS) is 18.1. The van der Waals surface area contributed by atoms with Gasteiger partial charge in [-0.15, -0.1) is 0 Å². The molecule has 0 radical (unpaired) electrons. The number of hydrogen-bond donors (Lipinski definition) is 1. The van der Waals surface area contributed by atoms with Gasteiger partial charge in [0.1, 0.15) is 0 Å². The largest absolute Gasteiger partial charge is 0.480 e. The van der Waals surface area contributed by atoms with E-state index in [2.05, 4.69) is 5.10 Å². The third-order valence-electron chi connectivity index (χ3n) is 4.62. The SMILES string of the molecule is O=C=NN1c2cc(Cl)cc(Cl)c2[C@@H](Cc2ccccc2[N+](=O)[O-])C[C@@H]1C(=O)O. The minimum Gasteiger partial charge on any atom is -0.480 e. The lowest BCUT2D eigenvalue weighted by Crippen LogP contribution is -2.43. The van der Waals surface area contributed by atoms with E-state index in [-0.39, 0.29) is 34.3 Å². The number of anilines is 1. The van der Waals surface area contributed by atoms with Crippen molar-refractivity contribution in [3.63, 3.8) is 0 Å². The minimum atomic E-state index is -1.20. The second-order valence-electron chi connectivity index (χ2n) is 6.23. The molecule has 0 spiro atoms. The van der Waals surface area contributed by atoms with Crippen LogP contribution in [0, 0.1) is 10.1 Å². The predicted octanol–water partition coefficient (Wildman–Crippen LogP) is 4.14. The number of halogens is 2. The van der Waals surface area contributed by atoms with Crippen LogP contribution in [0.15, 0.2) is 41.5 Å². The number of hydrogen-bond acceptors (Lipinski definition) is 6. The topological polar surface area (TPSA) is 113 Å². The molecular weight excluding hydrogens is 409 g/mol. The molecule has 28 heavy (non-hydrogen) atoms. The number of carbonyl (C=O) groups excluding carboxylic acids is 1. The van der Waals surface area contributed by atoms with Crippen LogP contribution in [-0.4, -0.2) is 28.1 Å². The number of nitro groups is 1. The van der Waals surface area contributed by atoms with Gasteiger partial charge in [0, 0.05) is 21.7 Å². The molecule has 1 heterocycles. The van der Waals surface area contributed by atoms with Crippen molar-refractivity contribution in [2.75, 3.05) is 5.01 Å². The Morgan fingerprint density at radius 1 is 1.36 bits per heavy atom. The van der Waals surface area contributed by atoms with Crippen molar-refractivity contribution in [3.05, 3.63) is 67.7 Å². The van der Waals surface area contributed by atoms with Crippen LogP contribution in [0.3, 0.4) is 0 Å². The molecule has 0 fully saturated rings. The van der Waals surface area contributed by atoms with Crippen LogP contribution in [0.25, 0.3) is 0 Å². The lowest BCUT2D eigenvalue weighted by Gasteiger charge is -2.36. The molecule has 0 bridgehead atoms. The van der Waals surface area contributed by atoms with Crippen LogP contribution >= 0.6 is 23.2 Å². The quantitative estimate of drug-likeness (QED) is 0.335. The fourth-order valence-corrected chi connectivity index (χ4v) is 4.14. The maximum atomic E-state index is 11.8. The number of rotatable bonds is 5. The number of aliphatic carboxylic acids is 1. The number of carboxylic acids is 1. The van der Waals surface area contributed by atoms with E-state index < -0.39 is 22.9 Å². The van der Waals surface area contributed by atoms with E-state index >= 15 is 0 Å². The lowest BCUT2D eigenvalue weighted by atomic mass is 9.82. The zero-order valence-corrected chi connectivity index (χ0v) is 15.7. The van der Waals surface area contributed by atoms with E-state index in [9.17, 15) is 24.8 Å². The minimum absolute atomic E-state index is 0.0426. The van der Waals surface area contributed by atoms with Crippen molar-refractivity contribution in [1.82, 2.24) is 0 Å². The molecule has 0 saturated carbocycles. The summed E-state index contributed by atoms with van der Waals surface area (Å²) in [4.78, 5) is 33.5. The molecule has 0 saturated heterocycles. The summed E-state index contributed by atoms with van der Waals surface area (Å²) < 4.78 is 0. The van der Waals surface area contributed by atoms with Crippen molar-refractivity contribution in [2.45, 2.75) is 24.8 Å². The summed E-state index contributed by atoms with van der Waals surface area (Å²) in [6.07, 6.45) is 1.58. The molecule has 10 heteroatoms. The van der Waals surface area contributed by atoms with Gasteiger partial charge in [0.15, 0.2) is 6.04 Å². The van der Waals surface area contributed by atoms with E-state index in [1.165, 1.54) is 24.3 Å². The highest BCUT2D eigenvalue weighted by atomic mass is 35.5. The Bertz CT molecular complexity index is 1010. The summed E-state index contributed by atoms with van der Waals surface area (Å²) >= 11 is 12.4. The fourth-order valence-electron chi connectivity index (χ4n) is 3.51. The number of hydrazone groups is 1. The molecule has 1 aliphatic heterocycles. The summed E-state index contributed by atoms with van der Waals surface area (Å²) in [5.41, 5.74) is 1.18. The Morgan fingerprint density at radius 2 is 2.07 bits per heavy atom. The smallest absolute Gasteiger partial charge is 0.328 e. The maximum absolute atomic E-state index is 11.8. The number of nitrogens with zero attached hydrogens (tertiary/aromatic N) is 3. The van der Waals surface area contributed by atoms with Crippen LogP contribution in [-0.2, 0) is 16.0 Å². The summed E-state index contributed by atoms with van der Waals surface area (Å²) in [5, 5.41) is 26.0. The molecule has 2 aromatic carbocycles. The molecule has 3 rings (SSSR count). The van der Waals surface area contributed by atoms with Gasteiger partial charge in [-0.25, -0.2) is 14.6 Å². The summed E-state index contributed by atoms with van der Waals surface area (Å²) in [5.74, 6) is -1.66. The lowest BCUT2D eigenvalue weighted by molar-refractivity contribution is -0.385. The summed E-state index contributed by atoms with van der Waals surface area (Å²) in [6.45, 7) is 0. The fraction of sp³-hybridized carbons (Fsp3) is 0.222. The molecule has 1 aliphatic rings. The van der Waals surface area contributed by atoms with Gasteiger partial charge in [-0.3, -0.25) is 10.1 Å². The Hall–Kier alpha value is -2.93. The van der Waals surface area contributed by atoms with Gasteiger partial charge >= 0.3 is 5.97 Å². The van der Waals surface area contributed by atoms with Gasteiger partial charge in [-0.05, 0) is 36.5 Å². The Labute approximate surface area is 169 Å². The van der Waals surface area contributed by atoms with E-state index in [0.717, 1.165) is 5.01 Å². The average molecular weight is 422 g/mol. The van der Waals surface area contributed by atoms with Gasteiger partial charge in [-0.2, -0.15) is 0 Å². The first-order valence-electron chi connectivity index (χ1n) is 8.14. The molecule has 2 atom stereocenters. The predicted molar refractivity (Wildman–Crippen MR) is 103 cm³/mol. The summed E-state index contributed by atoms with van der Waals surface area (Å²) in [6, 6.07) is 8.03. The first-order chi connectivity index (χ1) is 13.3. The molecule has 0 aromatic heterocycles. The van der Waals surface area contributed by atoms with E-state index in [0.29, 0.717) is 11.1 Å². The van der Waals surface area contributed by atoms with E-state index in [1.54, 1.807) is 18.2 Å². The molecule has 8 nitrogen and oxygen atoms in total. The number of nitro benzene ring substituents is 1. The average Bonchev–Trinajstić information content (AvgIpc) is 2.63. The number of carboxylic acid groups (broad SMARTS) is 1. The second kappa shape index (κ2) is 7.98. The highest BCUT2D eigenvalue weighted by Gasteiger charge is 2.39. The van der Waals surface area contributed by atoms with Crippen molar-refractivity contribution >= 4 is 46.6 Å². The molecular formula is C18H13Cl2N3O5. The van der Waals surface area contributed by atoms with Crippen molar-refractivity contribution < 1.29 is 19.6 Å². The Balaban J connectivity index is 2.15. The van der Waals surface area contributed by atoms with Crippen LogP contribution in [0.4, 0.5) is 11.4 Å². The van der Waals surface area contributed by atoms with Gasteiger partial charge in [0.25, 0.3) is 11.8 Å². The highest BCUT2D eigenvalue weighted by Crippen LogP contribution is 2.46. The number of isocyanates is 1. The van der Waals surface area contributed by atoms with Crippen molar-refractivity contribution in [1.29, 1.82) is 0 Å². The summed E-state index contributed by atoms with van der Waals surface area (Å²) in [7, 11) is 0. The Morgan fingerprint density at radius 3 is 2.71 bits per heavy atom. The molecule has 2 aromatic rings. The van der Waals surface area contributed by atoms with Gasteiger partial charge < -0.3 is 5.11 Å².